The molecule has 1 fully saturated rings. The SMILES string of the molecule is O=C1CN(CC(O)COc2ccc3ccc(-c4cncc(Cl)c4)cc3c2)CCN1. The van der Waals surface area contributed by atoms with E-state index in [-0.39, 0.29) is 12.5 Å². The Labute approximate surface area is 174 Å². The Balaban J connectivity index is 1.43. The zero-order chi connectivity index (χ0) is 20.2. The van der Waals surface area contributed by atoms with E-state index in [2.05, 4.69) is 16.4 Å². The van der Waals surface area contributed by atoms with Crippen molar-refractivity contribution in [3.05, 3.63) is 59.9 Å². The van der Waals surface area contributed by atoms with Crippen molar-refractivity contribution in [2.45, 2.75) is 6.10 Å². The first-order valence-electron chi connectivity index (χ1n) is 9.51. The Morgan fingerprint density at radius 2 is 2.00 bits per heavy atom. The van der Waals surface area contributed by atoms with Crippen LogP contribution in [0.4, 0.5) is 0 Å². The zero-order valence-electron chi connectivity index (χ0n) is 15.8. The first kappa shape index (κ1) is 19.6. The molecule has 150 valence electrons. The van der Waals surface area contributed by atoms with E-state index in [0.29, 0.717) is 30.4 Å². The number of pyridine rings is 1. The molecule has 1 saturated heterocycles. The number of carbonyl (C=O) groups excluding carboxylic acids is 1. The van der Waals surface area contributed by atoms with Gasteiger partial charge in [0.25, 0.3) is 0 Å². The number of rotatable bonds is 6. The number of carbonyl (C=O) groups is 1. The number of β-amino-alcohol motifs (C(OH)–C–C–N with tert-alkyl or cyclic N) is 1. The molecule has 1 amide bonds. The third kappa shape index (κ3) is 5.03. The Morgan fingerprint density at radius 3 is 2.83 bits per heavy atom. The number of halogens is 1. The molecule has 1 unspecified atom stereocenters. The minimum atomic E-state index is -0.666. The summed E-state index contributed by atoms with van der Waals surface area (Å²) in [5.41, 5.74) is 1.97. The summed E-state index contributed by atoms with van der Waals surface area (Å²) >= 11 is 6.06. The van der Waals surface area contributed by atoms with Gasteiger partial charge in [0.1, 0.15) is 18.5 Å². The first-order chi connectivity index (χ1) is 14.1. The summed E-state index contributed by atoms with van der Waals surface area (Å²) in [6, 6.07) is 13.9. The lowest BCUT2D eigenvalue weighted by atomic mass is 10.0. The number of piperazine rings is 1. The fraction of sp³-hybridized carbons (Fsp3) is 0.273. The summed E-state index contributed by atoms with van der Waals surface area (Å²) in [5.74, 6) is 0.680. The van der Waals surface area contributed by atoms with Gasteiger partial charge in [-0.1, -0.05) is 29.8 Å². The highest BCUT2D eigenvalue weighted by atomic mass is 35.5. The third-order valence-electron chi connectivity index (χ3n) is 4.88. The fourth-order valence-corrected chi connectivity index (χ4v) is 3.63. The monoisotopic (exact) mass is 411 g/mol. The van der Waals surface area contributed by atoms with Crippen molar-refractivity contribution >= 4 is 28.3 Å². The van der Waals surface area contributed by atoms with Crippen molar-refractivity contribution in [2.24, 2.45) is 0 Å². The number of nitrogens with one attached hydrogen (secondary N) is 1. The lowest BCUT2D eigenvalue weighted by Gasteiger charge is -2.28. The molecular weight excluding hydrogens is 390 g/mol. The third-order valence-corrected chi connectivity index (χ3v) is 5.09. The van der Waals surface area contributed by atoms with Gasteiger partial charge in [0, 0.05) is 37.6 Å². The van der Waals surface area contributed by atoms with Gasteiger partial charge < -0.3 is 15.2 Å². The van der Waals surface area contributed by atoms with E-state index in [0.717, 1.165) is 28.4 Å². The lowest BCUT2D eigenvalue weighted by Crippen LogP contribution is -2.50. The number of benzene rings is 2. The molecule has 3 aromatic rings. The standard InChI is InChI=1S/C22H22ClN3O3/c23-19-8-18(10-24-11-19)16-2-1-15-3-4-21(9-17(15)7-16)29-14-20(27)12-26-6-5-25-22(28)13-26/h1-4,7-11,20,27H,5-6,12-14H2,(H,25,28). The van der Waals surface area contributed by atoms with E-state index in [9.17, 15) is 9.90 Å². The number of fused-ring (bicyclic) bond motifs is 1. The maximum absolute atomic E-state index is 11.4. The van der Waals surface area contributed by atoms with Gasteiger partial charge in [0.05, 0.1) is 11.6 Å². The summed E-state index contributed by atoms with van der Waals surface area (Å²) in [7, 11) is 0. The summed E-state index contributed by atoms with van der Waals surface area (Å²) in [5, 5.41) is 15.8. The molecule has 0 bridgehead atoms. The lowest BCUT2D eigenvalue weighted by molar-refractivity contribution is -0.124. The largest absolute Gasteiger partial charge is 0.491 e. The molecule has 0 saturated carbocycles. The second kappa shape index (κ2) is 8.78. The van der Waals surface area contributed by atoms with Crippen LogP contribution in [-0.2, 0) is 4.79 Å². The molecule has 29 heavy (non-hydrogen) atoms. The van der Waals surface area contributed by atoms with E-state index in [1.165, 1.54) is 0 Å². The van der Waals surface area contributed by atoms with Gasteiger partial charge in [0.2, 0.25) is 5.91 Å². The molecule has 4 rings (SSSR count). The van der Waals surface area contributed by atoms with Crippen molar-refractivity contribution in [1.82, 2.24) is 15.2 Å². The van der Waals surface area contributed by atoms with Gasteiger partial charge in [-0.25, -0.2) is 0 Å². The number of hydrogen-bond acceptors (Lipinski definition) is 5. The van der Waals surface area contributed by atoms with Crippen molar-refractivity contribution in [2.75, 3.05) is 32.8 Å². The second-order valence-electron chi connectivity index (χ2n) is 7.17. The Hall–Kier alpha value is -2.67. The molecule has 1 aliphatic rings. The minimum Gasteiger partial charge on any atom is -0.491 e. The topological polar surface area (TPSA) is 74.7 Å². The highest BCUT2D eigenvalue weighted by Gasteiger charge is 2.19. The molecule has 6 nitrogen and oxygen atoms in total. The molecule has 0 spiro atoms. The van der Waals surface area contributed by atoms with Crippen LogP contribution in [0.5, 0.6) is 5.75 Å². The van der Waals surface area contributed by atoms with E-state index in [4.69, 9.17) is 16.3 Å². The number of amides is 1. The second-order valence-corrected chi connectivity index (χ2v) is 7.60. The smallest absolute Gasteiger partial charge is 0.234 e. The van der Waals surface area contributed by atoms with Crippen LogP contribution in [-0.4, -0.2) is 59.8 Å². The highest BCUT2D eigenvalue weighted by molar-refractivity contribution is 6.30. The zero-order valence-corrected chi connectivity index (χ0v) is 16.6. The molecule has 2 aromatic carbocycles. The van der Waals surface area contributed by atoms with E-state index in [1.54, 1.807) is 12.4 Å². The Morgan fingerprint density at radius 1 is 1.14 bits per heavy atom. The molecule has 1 aromatic heterocycles. The van der Waals surface area contributed by atoms with Crippen molar-refractivity contribution in [1.29, 1.82) is 0 Å². The quantitative estimate of drug-likeness (QED) is 0.652. The van der Waals surface area contributed by atoms with Crippen LogP contribution in [0.2, 0.25) is 5.02 Å². The average molecular weight is 412 g/mol. The molecule has 2 heterocycles. The Bertz CT molecular complexity index is 1030. The molecular formula is C22H22ClN3O3. The van der Waals surface area contributed by atoms with Crippen LogP contribution in [0.25, 0.3) is 21.9 Å². The van der Waals surface area contributed by atoms with E-state index >= 15 is 0 Å². The molecule has 1 aliphatic heterocycles. The van der Waals surface area contributed by atoms with Crippen molar-refractivity contribution in [3.63, 3.8) is 0 Å². The van der Waals surface area contributed by atoms with Gasteiger partial charge in [-0.15, -0.1) is 0 Å². The summed E-state index contributed by atoms with van der Waals surface area (Å²) in [6.07, 6.45) is 2.73. The van der Waals surface area contributed by atoms with Crippen LogP contribution in [0.15, 0.2) is 54.9 Å². The Kier molecular flexibility index (Phi) is 5.94. The fourth-order valence-electron chi connectivity index (χ4n) is 3.45. The predicted molar refractivity (Wildman–Crippen MR) is 113 cm³/mol. The normalized spacial score (nSPS) is 15.9. The molecule has 2 N–H and O–H groups in total. The number of nitrogens with zero attached hydrogens (tertiary/aromatic N) is 2. The minimum absolute atomic E-state index is 0.00962. The first-order valence-corrected chi connectivity index (χ1v) is 9.89. The number of aliphatic hydroxyl groups excluding tert-OH is 1. The molecule has 7 heteroatoms. The van der Waals surface area contributed by atoms with Crippen LogP contribution in [0, 0.1) is 0 Å². The molecule has 0 radical (unpaired) electrons. The van der Waals surface area contributed by atoms with Crippen molar-refractivity contribution in [3.8, 4) is 16.9 Å². The number of aliphatic hydroxyl groups is 1. The molecule has 0 aliphatic carbocycles. The maximum atomic E-state index is 11.4. The van der Waals surface area contributed by atoms with Crippen LogP contribution in [0.3, 0.4) is 0 Å². The van der Waals surface area contributed by atoms with Crippen LogP contribution >= 0.6 is 11.6 Å². The van der Waals surface area contributed by atoms with Crippen molar-refractivity contribution < 1.29 is 14.6 Å². The molecule has 1 atom stereocenters. The number of ether oxygens (including phenoxy) is 1. The maximum Gasteiger partial charge on any atom is 0.234 e. The van der Waals surface area contributed by atoms with Crippen LogP contribution < -0.4 is 10.1 Å². The number of aromatic nitrogens is 1. The summed E-state index contributed by atoms with van der Waals surface area (Å²) < 4.78 is 5.80. The van der Waals surface area contributed by atoms with E-state index in [1.807, 2.05) is 41.3 Å². The van der Waals surface area contributed by atoms with Gasteiger partial charge in [-0.3, -0.25) is 14.7 Å². The average Bonchev–Trinajstić information content (AvgIpc) is 2.72. The summed E-state index contributed by atoms with van der Waals surface area (Å²) in [6.45, 7) is 2.24. The summed E-state index contributed by atoms with van der Waals surface area (Å²) in [4.78, 5) is 17.5. The van der Waals surface area contributed by atoms with Gasteiger partial charge in [-0.2, -0.15) is 0 Å². The van der Waals surface area contributed by atoms with E-state index < -0.39 is 6.10 Å². The van der Waals surface area contributed by atoms with Crippen LogP contribution in [0.1, 0.15) is 0 Å². The van der Waals surface area contributed by atoms with Gasteiger partial charge in [0.15, 0.2) is 0 Å². The van der Waals surface area contributed by atoms with Gasteiger partial charge in [-0.05, 0) is 40.6 Å². The number of hydrogen-bond donors (Lipinski definition) is 2. The van der Waals surface area contributed by atoms with Gasteiger partial charge >= 0.3 is 0 Å². The highest BCUT2D eigenvalue weighted by Crippen LogP contribution is 2.28. The predicted octanol–water partition coefficient (Wildman–Crippen LogP) is 2.73.